The van der Waals surface area contributed by atoms with Crippen molar-refractivity contribution in [3.05, 3.63) is 168 Å². The first-order chi connectivity index (χ1) is 21.7. The Morgan fingerprint density at radius 3 is 1.77 bits per heavy atom. The molecule has 5 nitrogen and oxygen atoms in total. The van der Waals surface area contributed by atoms with Gasteiger partial charge in [-0.1, -0.05) is 121 Å². The third-order valence-electron chi connectivity index (χ3n) is 8.27. The van der Waals surface area contributed by atoms with Gasteiger partial charge in [0, 0.05) is 31.9 Å². The fraction of sp³-hybridized carbons (Fsp3) is 0.179. The Labute approximate surface area is 260 Å². The maximum Gasteiger partial charge on any atom is 0.230 e. The Morgan fingerprint density at radius 2 is 1.23 bits per heavy atom. The van der Waals surface area contributed by atoms with Gasteiger partial charge in [-0.15, -0.1) is 0 Å². The first-order valence-electron chi connectivity index (χ1n) is 15.1. The number of carbonyl (C=O) groups excluding carboxylic acids is 1. The molecule has 220 valence electrons. The van der Waals surface area contributed by atoms with Crippen LogP contribution >= 0.6 is 0 Å². The number of para-hydroxylation sites is 1. The SMILES string of the molecule is COc1ccc(CN2C(=O)[C@H]([C@H](c3ccccc3)N(Cc3ccccc3)Cc3ccccc3)[C@H]2C=Nc2ccccc2)cc1. The molecule has 0 unspecified atom stereocenters. The summed E-state index contributed by atoms with van der Waals surface area (Å²) < 4.78 is 5.36. The predicted octanol–water partition coefficient (Wildman–Crippen LogP) is 7.87. The van der Waals surface area contributed by atoms with Gasteiger partial charge >= 0.3 is 0 Å². The van der Waals surface area contributed by atoms with E-state index in [1.807, 2.05) is 83.9 Å². The van der Waals surface area contributed by atoms with Gasteiger partial charge in [-0.05, 0) is 46.5 Å². The van der Waals surface area contributed by atoms with E-state index in [1.165, 1.54) is 11.1 Å². The van der Waals surface area contributed by atoms with E-state index in [4.69, 9.17) is 9.73 Å². The minimum atomic E-state index is -0.310. The second kappa shape index (κ2) is 14.0. The van der Waals surface area contributed by atoms with Crippen LogP contribution in [0.5, 0.6) is 5.75 Å². The number of amides is 1. The number of likely N-dealkylation sites (tertiary alicyclic amines) is 1. The summed E-state index contributed by atoms with van der Waals surface area (Å²) in [6.07, 6.45) is 1.98. The Bertz CT molecular complexity index is 1600. The number of methoxy groups -OCH3 is 1. The Hall–Kier alpha value is -5.00. The summed E-state index contributed by atoms with van der Waals surface area (Å²) in [5.74, 6) is 0.617. The van der Waals surface area contributed by atoms with Crippen LogP contribution in [0.4, 0.5) is 5.69 Å². The maximum absolute atomic E-state index is 14.3. The van der Waals surface area contributed by atoms with Crippen molar-refractivity contribution in [2.24, 2.45) is 10.9 Å². The number of aliphatic imine (C=N–C) groups is 1. The molecule has 0 N–H and O–H groups in total. The molecule has 3 atom stereocenters. The number of rotatable bonds is 12. The van der Waals surface area contributed by atoms with E-state index in [1.54, 1.807) is 7.11 Å². The second-order valence-corrected chi connectivity index (χ2v) is 11.2. The molecule has 5 aromatic rings. The third-order valence-corrected chi connectivity index (χ3v) is 8.27. The van der Waals surface area contributed by atoms with Gasteiger partial charge in [-0.3, -0.25) is 14.7 Å². The van der Waals surface area contributed by atoms with Crippen LogP contribution in [-0.2, 0) is 24.4 Å². The third kappa shape index (κ3) is 6.80. The van der Waals surface area contributed by atoms with Crippen LogP contribution in [-0.4, -0.2) is 35.1 Å². The number of ether oxygens (including phenoxy) is 1. The maximum atomic E-state index is 14.3. The first-order valence-corrected chi connectivity index (χ1v) is 15.1. The van der Waals surface area contributed by atoms with Gasteiger partial charge in [0.05, 0.1) is 24.8 Å². The quantitative estimate of drug-likeness (QED) is 0.112. The normalized spacial score (nSPS) is 17.0. The highest BCUT2D eigenvalue weighted by molar-refractivity contribution is 5.95. The summed E-state index contributed by atoms with van der Waals surface area (Å²) in [5.41, 5.74) is 5.47. The molecule has 0 bridgehead atoms. The van der Waals surface area contributed by atoms with Crippen LogP contribution < -0.4 is 4.74 Å². The van der Waals surface area contributed by atoms with Crippen LogP contribution in [0.1, 0.15) is 28.3 Å². The zero-order chi connectivity index (χ0) is 30.1. The van der Waals surface area contributed by atoms with Crippen molar-refractivity contribution < 1.29 is 9.53 Å². The second-order valence-electron chi connectivity index (χ2n) is 11.2. The largest absolute Gasteiger partial charge is 0.497 e. The lowest BCUT2D eigenvalue weighted by Crippen LogP contribution is -2.64. The number of benzene rings is 5. The lowest BCUT2D eigenvalue weighted by atomic mass is 9.77. The zero-order valence-corrected chi connectivity index (χ0v) is 24.9. The van der Waals surface area contributed by atoms with Crippen molar-refractivity contribution in [1.82, 2.24) is 9.80 Å². The summed E-state index contributed by atoms with van der Waals surface area (Å²) in [7, 11) is 1.66. The van der Waals surface area contributed by atoms with E-state index in [0.717, 1.165) is 22.6 Å². The summed E-state index contributed by atoms with van der Waals surface area (Å²) in [6, 6.07) is 49.0. The molecular formula is C39H37N3O2. The molecule has 1 amide bonds. The molecule has 5 heteroatoms. The van der Waals surface area contributed by atoms with E-state index in [9.17, 15) is 4.79 Å². The molecule has 1 fully saturated rings. The Morgan fingerprint density at radius 1 is 0.705 bits per heavy atom. The molecule has 0 saturated carbocycles. The number of β-lactam (4-membered cyclic amide) rings is 1. The fourth-order valence-corrected chi connectivity index (χ4v) is 6.06. The van der Waals surface area contributed by atoms with Gasteiger partial charge < -0.3 is 9.64 Å². The highest BCUT2D eigenvalue weighted by Crippen LogP contribution is 2.42. The molecule has 6 rings (SSSR count). The number of carbonyl (C=O) groups is 1. The summed E-state index contributed by atoms with van der Waals surface area (Å²) >= 11 is 0. The molecule has 1 saturated heterocycles. The first kappa shape index (κ1) is 29.1. The summed E-state index contributed by atoms with van der Waals surface area (Å²) in [4.78, 5) is 23.6. The van der Waals surface area contributed by atoms with Crippen LogP contribution in [0, 0.1) is 5.92 Å². The minimum Gasteiger partial charge on any atom is -0.497 e. The minimum absolute atomic E-state index is 0.130. The standard InChI is InChI=1S/C39H37N3O2/c1-44-35-24-22-32(23-25-35)29-42-36(26-40-34-20-12-5-13-21-34)37(39(42)43)38(33-18-10-4-11-19-33)41(27-30-14-6-2-7-15-30)28-31-16-8-3-9-17-31/h2-26,36-38H,27-29H2,1H3/t36-,37+,38+/m1/s1. The van der Waals surface area contributed by atoms with Crippen molar-refractivity contribution in [1.29, 1.82) is 0 Å². The molecule has 5 aromatic carbocycles. The predicted molar refractivity (Wildman–Crippen MR) is 177 cm³/mol. The monoisotopic (exact) mass is 579 g/mol. The van der Waals surface area contributed by atoms with Crippen molar-refractivity contribution >= 4 is 17.8 Å². The lowest BCUT2D eigenvalue weighted by molar-refractivity contribution is -0.158. The molecule has 0 radical (unpaired) electrons. The smallest absolute Gasteiger partial charge is 0.230 e. The van der Waals surface area contributed by atoms with Crippen molar-refractivity contribution in [2.75, 3.05) is 7.11 Å². The average Bonchev–Trinajstić information content (AvgIpc) is 3.09. The van der Waals surface area contributed by atoms with Crippen molar-refractivity contribution in [3.8, 4) is 5.75 Å². The van der Waals surface area contributed by atoms with E-state index >= 15 is 0 Å². The van der Waals surface area contributed by atoms with Crippen LogP contribution in [0.2, 0.25) is 0 Å². The summed E-state index contributed by atoms with van der Waals surface area (Å²) in [6.45, 7) is 1.92. The highest BCUT2D eigenvalue weighted by atomic mass is 16.5. The zero-order valence-electron chi connectivity index (χ0n) is 24.9. The topological polar surface area (TPSA) is 45.1 Å². The molecule has 0 aromatic heterocycles. The molecule has 1 aliphatic heterocycles. The molecule has 44 heavy (non-hydrogen) atoms. The molecular weight excluding hydrogens is 542 g/mol. The highest BCUT2D eigenvalue weighted by Gasteiger charge is 2.52. The summed E-state index contributed by atoms with van der Waals surface area (Å²) in [5, 5.41) is 0. The van der Waals surface area contributed by atoms with Crippen LogP contribution in [0.3, 0.4) is 0 Å². The molecule has 1 heterocycles. The van der Waals surface area contributed by atoms with Gasteiger partial charge in [0.1, 0.15) is 5.75 Å². The van der Waals surface area contributed by atoms with E-state index < -0.39 is 0 Å². The van der Waals surface area contributed by atoms with Gasteiger partial charge in [-0.2, -0.15) is 0 Å². The number of hydrogen-bond acceptors (Lipinski definition) is 4. The van der Waals surface area contributed by atoms with Crippen LogP contribution in [0.25, 0.3) is 0 Å². The van der Waals surface area contributed by atoms with E-state index in [0.29, 0.717) is 19.6 Å². The molecule has 0 spiro atoms. The van der Waals surface area contributed by atoms with E-state index in [2.05, 4.69) is 77.7 Å². The van der Waals surface area contributed by atoms with Gasteiger partial charge in [0.25, 0.3) is 0 Å². The number of nitrogens with zero attached hydrogens (tertiary/aromatic N) is 3. The fourth-order valence-electron chi connectivity index (χ4n) is 6.06. The molecule has 0 aliphatic carbocycles. The van der Waals surface area contributed by atoms with Crippen molar-refractivity contribution in [2.45, 2.75) is 31.7 Å². The Kier molecular flexibility index (Phi) is 9.24. The average molecular weight is 580 g/mol. The van der Waals surface area contributed by atoms with Crippen LogP contribution in [0.15, 0.2) is 151 Å². The van der Waals surface area contributed by atoms with Gasteiger partial charge in [-0.25, -0.2) is 0 Å². The molecule has 1 aliphatic rings. The lowest BCUT2D eigenvalue weighted by Gasteiger charge is -2.51. The van der Waals surface area contributed by atoms with Gasteiger partial charge in [0.15, 0.2) is 0 Å². The van der Waals surface area contributed by atoms with Gasteiger partial charge in [0.2, 0.25) is 5.91 Å². The van der Waals surface area contributed by atoms with E-state index in [-0.39, 0.29) is 23.9 Å². The Balaban J connectivity index is 1.40. The number of hydrogen-bond donors (Lipinski definition) is 0. The van der Waals surface area contributed by atoms with Crippen molar-refractivity contribution in [3.63, 3.8) is 0 Å².